The van der Waals surface area contributed by atoms with E-state index in [2.05, 4.69) is 0 Å². The molecular weight excluding hydrogens is 392 g/mol. The number of carbonyl (C=O) groups is 2. The molecule has 0 radical (unpaired) electrons. The molecule has 0 atom stereocenters. The summed E-state index contributed by atoms with van der Waals surface area (Å²) in [7, 11) is 1.54. The number of hydrogen-bond donors (Lipinski definition) is 0. The van der Waals surface area contributed by atoms with E-state index in [0.29, 0.717) is 33.6 Å². The van der Waals surface area contributed by atoms with Crippen LogP contribution in [0.4, 0.5) is 5.69 Å². The first-order valence-electron chi connectivity index (χ1n) is 9.02. The Balaban J connectivity index is 2.39. The van der Waals surface area contributed by atoms with Crippen LogP contribution in [0.15, 0.2) is 36.4 Å². The van der Waals surface area contributed by atoms with E-state index in [4.69, 9.17) is 14.2 Å². The molecule has 0 unspecified atom stereocenters. The van der Waals surface area contributed by atoms with Crippen molar-refractivity contribution in [2.45, 2.75) is 27.4 Å². The van der Waals surface area contributed by atoms with E-state index in [0.717, 1.165) is 0 Å². The van der Waals surface area contributed by atoms with Gasteiger partial charge in [0.05, 0.1) is 34.2 Å². The Morgan fingerprint density at radius 2 is 1.73 bits per heavy atom. The number of benzene rings is 2. The van der Waals surface area contributed by atoms with Crippen LogP contribution in [0, 0.1) is 17.0 Å². The lowest BCUT2D eigenvalue weighted by Gasteiger charge is -2.14. The first-order valence-corrected chi connectivity index (χ1v) is 9.02. The third-order valence-corrected chi connectivity index (χ3v) is 4.58. The number of nitro groups is 1. The quantitative estimate of drug-likeness (QED) is 0.262. The van der Waals surface area contributed by atoms with Gasteiger partial charge < -0.3 is 18.8 Å². The van der Waals surface area contributed by atoms with Gasteiger partial charge in [-0.25, -0.2) is 0 Å². The van der Waals surface area contributed by atoms with Gasteiger partial charge in [0.2, 0.25) is 0 Å². The van der Waals surface area contributed by atoms with E-state index < -0.39 is 16.9 Å². The summed E-state index contributed by atoms with van der Waals surface area (Å²) < 4.78 is 17.3. The molecule has 0 saturated heterocycles. The lowest BCUT2D eigenvalue weighted by Crippen LogP contribution is -2.08. The van der Waals surface area contributed by atoms with Crippen molar-refractivity contribution in [1.82, 2.24) is 4.57 Å². The van der Waals surface area contributed by atoms with Gasteiger partial charge in [-0.05, 0) is 43.3 Å². The zero-order chi connectivity index (χ0) is 22.0. The van der Waals surface area contributed by atoms with Crippen LogP contribution in [0.25, 0.3) is 16.6 Å². The minimum absolute atomic E-state index is 0.0840. The van der Waals surface area contributed by atoms with Crippen molar-refractivity contribution in [2.75, 3.05) is 7.11 Å². The summed E-state index contributed by atoms with van der Waals surface area (Å²) in [5.74, 6) is -0.303. The average molecular weight is 412 g/mol. The Labute approximate surface area is 171 Å². The number of rotatable bonds is 6. The summed E-state index contributed by atoms with van der Waals surface area (Å²) in [4.78, 5) is 34.4. The second-order valence-electron chi connectivity index (χ2n) is 6.54. The largest absolute Gasteiger partial charge is 0.497 e. The van der Waals surface area contributed by atoms with Gasteiger partial charge in [0.25, 0.3) is 5.69 Å². The number of nitrogens with zero attached hydrogens (tertiary/aromatic N) is 2. The highest BCUT2D eigenvalue weighted by Crippen LogP contribution is 2.40. The summed E-state index contributed by atoms with van der Waals surface area (Å²) in [6, 6.07) is 9.96. The normalized spacial score (nSPS) is 10.7. The van der Waals surface area contributed by atoms with E-state index in [1.165, 1.54) is 26.0 Å². The van der Waals surface area contributed by atoms with E-state index >= 15 is 0 Å². The van der Waals surface area contributed by atoms with E-state index in [9.17, 15) is 19.7 Å². The number of aromatic nitrogens is 1. The van der Waals surface area contributed by atoms with Crippen LogP contribution in [-0.2, 0) is 20.9 Å². The molecule has 0 aliphatic carbocycles. The van der Waals surface area contributed by atoms with Crippen LogP contribution in [-0.4, -0.2) is 28.5 Å². The van der Waals surface area contributed by atoms with Crippen LogP contribution < -0.4 is 9.47 Å². The Morgan fingerprint density at radius 3 is 2.27 bits per heavy atom. The van der Waals surface area contributed by atoms with Crippen molar-refractivity contribution in [1.29, 1.82) is 0 Å². The topological polar surface area (TPSA) is 110 Å². The van der Waals surface area contributed by atoms with Crippen LogP contribution in [0.2, 0.25) is 0 Å². The number of hydrogen-bond acceptors (Lipinski definition) is 7. The van der Waals surface area contributed by atoms with E-state index in [-0.39, 0.29) is 18.0 Å². The lowest BCUT2D eigenvalue weighted by atomic mass is 10.1. The Kier molecular flexibility index (Phi) is 5.72. The highest BCUT2D eigenvalue weighted by atomic mass is 16.6. The molecule has 9 heteroatoms. The van der Waals surface area contributed by atoms with Gasteiger partial charge in [0.1, 0.15) is 18.1 Å². The van der Waals surface area contributed by atoms with Crippen LogP contribution in [0.1, 0.15) is 25.1 Å². The monoisotopic (exact) mass is 412 g/mol. The number of fused-ring (bicyclic) bond motifs is 1. The van der Waals surface area contributed by atoms with Crippen molar-refractivity contribution in [3.63, 3.8) is 0 Å². The summed E-state index contributed by atoms with van der Waals surface area (Å²) in [6.45, 7) is 3.91. The highest BCUT2D eigenvalue weighted by molar-refractivity contribution is 5.97. The van der Waals surface area contributed by atoms with Crippen molar-refractivity contribution >= 4 is 28.5 Å². The molecule has 0 N–H and O–H groups in total. The zero-order valence-corrected chi connectivity index (χ0v) is 16.9. The number of carbonyl (C=O) groups excluding carboxylic acids is 2. The molecule has 0 aliphatic rings. The number of methoxy groups -OCH3 is 1. The lowest BCUT2D eigenvalue weighted by molar-refractivity contribution is -0.383. The molecule has 0 aliphatic heterocycles. The second kappa shape index (κ2) is 8.24. The fraction of sp³-hybridized carbons (Fsp3) is 0.238. The number of esters is 2. The molecule has 1 heterocycles. The van der Waals surface area contributed by atoms with Gasteiger partial charge in [-0.15, -0.1) is 0 Å². The molecule has 0 amide bonds. The molecule has 1 aromatic heterocycles. The first kappa shape index (κ1) is 20.8. The van der Waals surface area contributed by atoms with Gasteiger partial charge >= 0.3 is 11.9 Å². The van der Waals surface area contributed by atoms with Crippen molar-refractivity contribution in [2.24, 2.45) is 0 Å². The fourth-order valence-corrected chi connectivity index (χ4v) is 3.38. The van der Waals surface area contributed by atoms with Crippen LogP contribution in [0.5, 0.6) is 11.5 Å². The smallest absolute Gasteiger partial charge is 0.308 e. The molecule has 0 spiro atoms. The Bertz CT molecular complexity index is 1150. The van der Waals surface area contributed by atoms with Gasteiger partial charge in [0.15, 0.2) is 0 Å². The Morgan fingerprint density at radius 1 is 1.07 bits per heavy atom. The molecule has 30 heavy (non-hydrogen) atoms. The minimum Gasteiger partial charge on any atom is -0.497 e. The van der Waals surface area contributed by atoms with Crippen molar-refractivity contribution in [3.8, 4) is 17.2 Å². The molecule has 3 aromatic rings. The highest BCUT2D eigenvalue weighted by Gasteiger charge is 2.28. The first-order chi connectivity index (χ1) is 14.2. The SMILES string of the molecule is COc1ccc(-n2c(C)c([N+](=O)[O-])c3ccc(OC(C)=O)c(COC(C)=O)c32)cc1. The maximum absolute atomic E-state index is 11.8. The summed E-state index contributed by atoms with van der Waals surface area (Å²) in [5.41, 5.74) is 1.70. The molecule has 0 fully saturated rings. The fourth-order valence-electron chi connectivity index (χ4n) is 3.38. The van der Waals surface area contributed by atoms with Gasteiger partial charge in [-0.3, -0.25) is 19.7 Å². The van der Waals surface area contributed by atoms with Gasteiger partial charge in [-0.1, -0.05) is 0 Å². The number of ether oxygens (including phenoxy) is 3. The predicted octanol–water partition coefficient (Wildman–Crippen LogP) is 3.84. The third kappa shape index (κ3) is 3.82. The molecule has 0 saturated carbocycles. The summed E-state index contributed by atoms with van der Waals surface area (Å²) in [6.07, 6.45) is 0. The molecule has 0 bridgehead atoms. The predicted molar refractivity (Wildman–Crippen MR) is 108 cm³/mol. The third-order valence-electron chi connectivity index (χ3n) is 4.58. The van der Waals surface area contributed by atoms with Crippen molar-refractivity contribution < 1.29 is 28.7 Å². The molecule has 3 rings (SSSR count). The molecular formula is C21H20N2O7. The molecule has 9 nitrogen and oxygen atoms in total. The summed E-state index contributed by atoms with van der Waals surface area (Å²) in [5, 5.41) is 12.2. The second-order valence-corrected chi connectivity index (χ2v) is 6.54. The maximum Gasteiger partial charge on any atom is 0.308 e. The van der Waals surface area contributed by atoms with Crippen molar-refractivity contribution in [3.05, 3.63) is 57.8 Å². The molecule has 156 valence electrons. The van der Waals surface area contributed by atoms with E-state index in [1.807, 2.05) is 0 Å². The minimum atomic E-state index is -0.563. The Hall–Kier alpha value is -3.88. The molecule has 2 aromatic carbocycles. The zero-order valence-electron chi connectivity index (χ0n) is 16.9. The average Bonchev–Trinajstić information content (AvgIpc) is 2.98. The van der Waals surface area contributed by atoms with Crippen LogP contribution in [0.3, 0.4) is 0 Å². The van der Waals surface area contributed by atoms with Gasteiger partial charge in [0, 0.05) is 19.5 Å². The maximum atomic E-state index is 11.8. The summed E-state index contributed by atoms with van der Waals surface area (Å²) >= 11 is 0. The van der Waals surface area contributed by atoms with Crippen LogP contribution >= 0.6 is 0 Å². The standard InChI is InChI=1S/C21H20N2O7/c1-12-20(23(26)27)17-9-10-19(30-14(3)25)18(11-29-13(2)24)21(17)22(12)15-5-7-16(28-4)8-6-15/h5-10H,11H2,1-4H3. The van der Waals surface area contributed by atoms with E-state index in [1.54, 1.807) is 42.9 Å². The van der Waals surface area contributed by atoms with Gasteiger partial charge in [-0.2, -0.15) is 0 Å².